The third kappa shape index (κ3) is 2.33. The zero-order valence-corrected chi connectivity index (χ0v) is 8.22. The molecule has 13 heavy (non-hydrogen) atoms. The predicted molar refractivity (Wildman–Crippen MR) is 50.8 cm³/mol. The van der Waals surface area contributed by atoms with Gasteiger partial charge in [0.2, 0.25) is 0 Å². The third-order valence-electron chi connectivity index (χ3n) is 1.53. The zero-order chi connectivity index (χ0) is 9.84. The van der Waals surface area contributed by atoms with E-state index in [9.17, 15) is 0 Å². The summed E-state index contributed by atoms with van der Waals surface area (Å²) in [4.78, 5) is 8.13. The number of halogens is 1. The molecule has 4 heteroatoms. The molecule has 0 bridgehead atoms. The minimum atomic E-state index is 0.150. The van der Waals surface area contributed by atoms with E-state index in [4.69, 9.17) is 22.8 Å². The average molecular weight is 197 g/mol. The SMILES string of the molecule is C#CCOc1nc(C)c(C)nc1Cl. The van der Waals surface area contributed by atoms with Gasteiger partial charge in [-0.15, -0.1) is 6.42 Å². The van der Waals surface area contributed by atoms with Gasteiger partial charge >= 0.3 is 0 Å². The van der Waals surface area contributed by atoms with Crippen molar-refractivity contribution in [3.8, 4) is 18.2 Å². The Morgan fingerprint density at radius 1 is 1.38 bits per heavy atom. The van der Waals surface area contributed by atoms with Gasteiger partial charge in [-0.1, -0.05) is 17.5 Å². The molecule has 0 aliphatic carbocycles. The van der Waals surface area contributed by atoms with Crippen LogP contribution in [0.15, 0.2) is 0 Å². The number of terminal acetylenes is 1. The van der Waals surface area contributed by atoms with Gasteiger partial charge in [0, 0.05) is 0 Å². The van der Waals surface area contributed by atoms with Crippen molar-refractivity contribution in [2.24, 2.45) is 0 Å². The van der Waals surface area contributed by atoms with Gasteiger partial charge in [-0.3, -0.25) is 0 Å². The highest BCUT2D eigenvalue weighted by Gasteiger charge is 2.06. The first-order valence-corrected chi connectivity index (χ1v) is 4.10. The number of rotatable bonds is 2. The molecule has 0 N–H and O–H groups in total. The summed E-state index contributed by atoms with van der Waals surface area (Å²) in [5.74, 6) is 2.62. The summed E-state index contributed by atoms with van der Waals surface area (Å²) in [6.07, 6.45) is 5.03. The van der Waals surface area contributed by atoms with Crippen LogP contribution in [0.1, 0.15) is 11.4 Å². The van der Waals surface area contributed by atoms with Crippen molar-refractivity contribution in [1.82, 2.24) is 9.97 Å². The minimum absolute atomic E-state index is 0.150. The number of hydrogen-bond acceptors (Lipinski definition) is 3. The van der Waals surface area contributed by atoms with Crippen molar-refractivity contribution in [3.63, 3.8) is 0 Å². The molecule has 0 saturated carbocycles. The van der Waals surface area contributed by atoms with Crippen LogP contribution in [0.3, 0.4) is 0 Å². The highest BCUT2D eigenvalue weighted by Crippen LogP contribution is 2.20. The molecule has 1 aromatic heterocycles. The van der Waals surface area contributed by atoms with E-state index in [-0.39, 0.29) is 11.8 Å². The topological polar surface area (TPSA) is 35.0 Å². The quantitative estimate of drug-likeness (QED) is 0.677. The number of hydrogen-bond donors (Lipinski definition) is 0. The first-order chi connectivity index (χ1) is 6.15. The van der Waals surface area contributed by atoms with Crippen LogP contribution in [-0.4, -0.2) is 16.6 Å². The smallest absolute Gasteiger partial charge is 0.253 e. The van der Waals surface area contributed by atoms with Crippen molar-refractivity contribution in [2.45, 2.75) is 13.8 Å². The Morgan fingerprint density at radius 2 is 2.00 bits per heavy atom. The second-order valence-electron chi connectivity index (χ2n) is 2.48. The Morgan fingerprint density at radius 3 is 2.62 bits per heavy atom. The van der Waals surface area contributed by atoms with Crippen molar-refractivity contribution in [2.75, 3.05) is 6.61 Å². The Bertz CT molecular complexity index is 357. The Hall–Kier alpha value is -1.27. The molecule has 1 heterocycles. The molecular weight excluding hydrogens is 188 g/mol. The van der Waals surface area contributed by atoms with Crippen LogP contribution < -0.4 is 4.74 Å². The summed E-state index contributed by atoms with van der Waals surface area (Å²) in [7, 11) is 0. The van der Waals surface area contributed by atoms with Crippen molar-refractivity contribution >= 4 is 11.6 Å². The zero-order valence-electron chi connectivity index (χ0n) is 7.47. The van der Waals surface area contributed by atoms with E-state index >= 15 is 0 Å². The Kier molecular flexibility index (Phi) is 3.10. The lowest BCUT2D eigenvalue weighted by atomic mass is 10.3. The molecule has 0 amide bonds. The van der Waals surface area contributed by atoms with Gasteiger partial charge in [-0.25, -0.2) is 9.97 Å². The van der Waals surface area contributed by atoms with Gasteiger partial charge in [-0.2, -0.15) is 0 Å². The summed E-state index contributed by atoms with van der Waals surface area (Å²) in [6.45, 7) is 3.82. The van der Waals surface area contributed by atoms with E-state index in [1.54, 1.807) is 0 Å². The number of ether oxygens (including phenoxy) is 1. The van der Waals surface area contributed by atoms with Gasteiger partial charge in [0.1, 0.15) is 0 Å². The molecule has 0 unspecified atom stereocenters. The molecule has 0 radical (unpaired) electrons. The van der Waals surface area contributed by atoms with E-state index in [0.29, 0.717) is 5.88 Å². The highest BCUT2D eigenvalue weighted by molar-refractivity contribution is 6.30. The lowest BCUT2D eigenvalue weighted by Gasteiger charge is -2.05. The summed E-state index contributed by atoms with van der Waals surface area (Å²) < 4.78 is 5.08. The first-order valence-electron chi connectivity index (χ1n) is 3.72. The van der Waals surface area contributed by atoms with Crippen molar-refractivity contribution < 1.29 is 4.74 Å². The molecule has 68 valence electrons. The fourth-order valence-corrected chi connectivity index (χ4v) is 0.981. The summed E-state index contributed by atoms with van der Waals surface area (Å²) >= 11 is 5.77. The number of nitrogens with zero attached hydrogens (tertiary/aromatic N) is 2. The summed E-state index contributed by atoms with van der Waals surface area (Å²) in [5, 5.41) is 0.248. The fourth-order valence-electron chi connectivity index (χ4n) is 0.757. The molecular formula is C9H9ClN2O. The van der Waals surface area contributed by atoms with Gasteiger partial charge < -0.3 is 4.74 Å². The monoisotopic (exact) mass is 196 g/mol. The maximum atomic E-state index is 5.77. The van der Waals surface area contributed by atoms with E-state index < -0.39 is 0 Å². The summed E-state index contributed by atoms with van der Waals surface area (Å²) in [5.41, 5.74) is 1.58. The second-order valence-corrected chi connectivity index (χ2v) is 2.84. The maximum Gasteiger partial charge on any atom is 0.253 e. The van der Waals surface area contributed by atoms with E-state index in [0.717, 1.165) is 11.4 Å². The van der Waals surface area contributed by atoms with E-state index in [1.807, 2.05) is 13.8 Å². The largest absolute Gasteiger partial charge is 0.462 e. The minimum Gasteiger partial charge on any atom is -0.462 e. The molecule has 0 spiro atoms. The van der Waals surface area contributed by atoms with Crippen LogP contribution >= 0.6 is 11.6 Å². The lowest BCUT2D eigenvalue weighted by Crippen LogP contribution is -2.01. The van der Waals surface area contributed by atoms with E-state index in [2.05, 4.69) is 15.9 Å². The van der Waals surface area contributed by atoms with Crippen molar-refractivity contribution in [1.29, 1.82) is 0 Å². The standard InChI is InChI=1S/C9H9ClN2O/c1-4-5-13-9-8(10)11-6(2)7(3)12-9/h1H,5H2,2-3H3. The molecule has 0 atom stereocenters. The van der Waals surface area contributed by atoms with Gasteiger partial charge in [0.15, 0.2) is 11.8 Å². The van der Waals surface area contributed by atoms with Crippen LogP contribution in [0.4, 0.5) is 0 Å². The molecule has 0 fully saturated rings. The number of aryl methyl sites for hydroxylation is 2. The maximum absolute atomic E-state index is 5.77. The predicted octanol–water partition coefficient (Wildman–Crippen LogP) is 1.76. The summed E-state index contributed by atoms with van der Waals surface area (Å²) in [6, 6.07) is 0. The molecule has 1 aromatic rings. The first kappa shape index (κ1) is 9.82. The average Bonchev–Trinajstić information content (AvgIpc) is 2.09. The van der Waals surface area contributed by atoms with Crippen LogP contribution in [0.2, 0.25) is 5.15 Å². The molecule has 0 aromatic carbocycles. The number of aromatic nitrogens is 2. The second kappa shape index (κ2) is 4.11. The highest BCUT2D eigenvalue weighted by atomic mass is 35.5. The van der Waals surface area contributed by atoms with Crippen molar-refractivity contribution in [3.05, 3.63) is 16.5 Å². The molecule has 1 rings (SSSR count). The van der Waals surface area contributed by atoms with E-state index in [1.165, 1.54) is 0 Å². The fraction of sp³-hybridized carbons (Fsp3) is 0.333. The lowest BCUT2D eigenvalue weighted by molar-refractivity contribution is 0.353. The van der Waals surface area contributed by atoms with Crippen LogP contribution in [-0.2, 0) is 0 Å². The third-order valence-corrected chi connectivity index (χ3v) is 1.77. The van der Waals surface area contributed by atoms with Crippen LogP contribution in [0.5, 0.6) is 5.88 Å². The van der Waals surface area contributed by atoms with Gasteiger partial charge in [0.25, 0.3) is 5.88 Å². The van der Waals surface area contributed by atoms with Crippen LogP contribution in [0.25, 0.3) is 0 Å². The normalized spacial score (nSPS) is 9.38. The van der Waals surface area contributed by atoms with Gasteiger partial charge in [0.05, 0.1) is 11.4 Å². The van der Waals surface area contributed by atoms with Crippen LogP contribution in [0, 0.1) is 26.2 Å². The Balaban J connectivity index is 2.96. The van der Waals surface area contributed by atoms with Gasteiger partial charge in [-0.05, 0) is 13.8 Å². The molecule has 0 aliphatic heterocycles. The molecule has 0 aliphatic rings. The molecule has 3 nitrogen and oxygen atoms in total. The Labute approximate surface area is 82.1 Å². The molecule has 0 saturated heterocycles.